The first-order valence-corrected chi connectivity index (χ1v) is 16.8. The average Bonchev–Trinajstić information content (AvgIpc) is 3.06. The number of benzene rings is 4. The van der Waals surface area contributed by atoms with Crippen molar-refractivity contribution in [2.24, 2.45) is 0 Å². The number of methoxy groups -OCH3 is 1. The Hall–Kier alpha value is -4.28. The van der Waals surface area contributed by atoms with Crippen LogP contribution in [0.4, 0.5) is 0 Å². The monoisotopic (exact) mass is 657 g/mol. The van der Waals surface area contributed by atoms with Crippen molar-refractivity contribution in [3.8, 4) is 5.75 Å². The van der Waals surface area contributed by atoms with Crippen LogP contribution < -0.4 is 4.74 Å². The van der Waals surface area contributed by atoms with Crippen molar-refractivity contribution in [1.82, 2.24) is 4.31 Å². The van der Waals surface area contributed by atoms with Gasteiger partial charge < -0.3 is 19.3 Å². The molecule has 0 saturated heterocycles. The second kappa shape index (κ2) is 16.0. The van der Waals surface area contributed by atoms with E-state index in [1.165, 1.54) is 10.4 Å². The van der Waals surface area contributed by atoms with E-state index in [4.69, 9.17) is 14.2 Å². The lowest BCUT2D eigenvalue weighted by Crippen LogP contribution is -2.45. The number of nitrogens with zero attached hydrogens (tertiary/aromatic N) is 1. The molecule has 0 aromatic heterocycles. The number of aliphatic hydroxyl groups is 1. The van der Waals surface area contributed by atoms with Gasteiger partial charge >= 0.3 is 5.97 Å². The van der Waals surface area contributed by atoms with Gasteiger partial charge in [-0.2, -0.15) is 4.31 Å². The maximum absolute atomic E-state index is 14.6. The van der Waals surface area contributed by atoms with Crippen molar-refractivity contribution in [2.45, 2.75) is 70.1 Å². The highest BCUT2D eigenvalue weighted by Gasteiger charge is 2.39. The fourth-order valence-corrected chi connectivity index (χ4v) is 7.70. The summed E-state index contributed by atoms with van der Waals surface area (Å²) < 4.78 is 47.9. The van der Waals surface area contributed by atoms with E-state index >= 15 is 0 Å². The van der Waals surface area contributed by atoms with Crippen molar-refractivity contribution >= 4 is 16.0 Å². The molecule has 0 amide bonds. The maximum Gasteiger partial charge on any atom is 0.339 e. The van der Waals surface area contributed by atoms with Gasteiger partial charge in [0.15, 0.2) is 6.10 Å². The van der Waals surface area contributed by atoms with E-state index in [0.29, 0.717) is 22.4 Å². The van der Waals surface area contributed by atoms with Gasteiger partial charge in [0, 0.05) is 6.54 Å². The summed E-state index contributed by atoms with van der Waals surface area (Å²) in [7, 11) is -2.56. The van der Waals surface area contributed by atoms with Crippen molar-refractivity contribution in [2.75, 3.05) is 7.11 Å². The van der Waals surface area contributed by atoms with Gasteiger partial charge in [0.1, 0.15) is 18.0 Å². The van der Waals surface area contributed by atoms with E-state index in [1.807, 2.05) is 55.5 Å². The van der Waals surface area contributed by atoms with E-state index in [1.54, 1.807) is 76.4 Å². The number of aryl methyl sites for hydroxylation is 3. The molecule has 0 fully saturated rings. The molecule has 0 radical (unpaired) electrons. The molecule has 0 unspecified atom stereocenters. The molecular weight excluding hydrogens is 614 g/mol. The zero-order valence-corrected chi connectivity index (χ0v) is 28.3. The first-order valence-electron chi connectivity index (χ1n) is 15.4. The highest BCUT2D eigenvalue weighted by molar-refractivity contribution is 7.89. The molecule has 4 aromatic rings. The molecule has 8 nitrogen and oxygen atoms in total. The minimum atomic E-state index is -4.12. The largest absolute Gasteiger partial charge is 0.497 e. The number of sulfonamides is 1. The lowest BCUT2D eigenvalue weighted by molar-refractivity contribution is -0.172. The molecule has 1 N–H and O–H groups in total. The number of ether oxygens (including phenoxy) is 3. The molecule has 0 saturated carbocycles. The van der Waals surface area contributed by atoms with Gasteiger partial charge in [0.25, 0.3) is 0 Å². The van der Waals surface area contributed by atoms with Crippen LogP contribution in [0.5, 0.6) is 5.75 Å². The Morgan fingerprint density at radius 3 is 2.02 bits per heavy atom. The van der Waals surface area contributed by atoms with Gasteiger partial charge in [0.2, 0.25) is 10.0 Å². The Kier molecular flexibility index (Phi) is 12.1. The Morgan fingerprint density at radius 1 is 0.894 bits per heavy atom. The van der Waals surface area contributed by atoms with Crippen LogP contribution in [0.15, 0.2) is 115 Å². The highest BCUT2D eigenvalue weighted by atomic mass is 32.2. The van der Waals surface area contributed by atoms with Gasteiger partial charge in [-0.05, 0) is 67.6 Å². The van der Waals surface area contributed by atoms with Crippen LogP contribution in [-0.2, 0) is 37.4 Å². The Labute approximate surface area is 278 Å². The van der Waals surface area contributed by atoms with E-state index in [2.05, 4.69) is 6.58 Å². The molecule has 4 aromatic carbocycles. The third kappa shape index (κ3) is 8.75. The molecule has 4 rings (SSSR count). The zero-order valence-electron chi connectivity index (χ0n) is 27.5. The molecular formula is C38H43NO7S. The zero-order chi connectivity index (χ0) is 34.1. The smallest absolute Gasteiger partial charge is 0.339 e. The SMILES string of the molecule is C=C[C@H](O)[C@@H](OCc1ccc(OC)cc1)C(=O)O[C@H](c1ccccc1)[C@H](C)N(Cc1ccccc1)S(=O)(=O)c1c(C)cc(C)cc1C. The Morgan fingerprint density at radius 2 is 1.47 bits per heavy atom. The quantitative estimate of drug-likeness (QED) is 0.113. The van der Waals surface area contributed by atoms with Gasteiger partial charge in [-0.3, -0.25) is 0 Å². The van der Waals surface area contributed by atoms with Crippen LogP contribution in [0.2, 0.25) is 0 Å². The van der Waals surface area contributed by atoms with E-state index in [-0.39, 0.29) is 18.0 Å². The Bertz CT molecular complexity index is 1720. The second-order valence-corrected chi connectivity index (χ2v) is 13.4. The average molecular weight is 658 g/mol. The molecule has 0 aliphatic rings. The summed E-state index contributed by atoms with van der Waals surface area (Å²) in [4.78, 5) is 14.1. The molecule has 0 aliphatic carbocycles. The van der Waals surface area contributed by atoms with Crippen molar-refractivity contribution in [3.05, 3.63) is 143 Å². The molecule has 4 atom stereocenters. The summed E-state index contributed by atoms with van der Waals surface area (Å²) in [6.45, 7) is 10.9. The molecule has 0 heterocycles. The van der Waals surface area contributed by atoms with Crippen LogP contribution in [0.1, 0.15) is 46.4 Å². The number of esters is 1. The van der Waals surface area contributed by atoms with Gasteiger partial charge in [-0.15, -0.1) is 6.58 Å². The standard InChI is InChI=1S/C38H43NO7S/c1-7-34(40)36(45-25-31-18-20-33(44-6)21-19-31)38(41)46-35(32-16-12-9-13-17-32)29(5)39(24-30-14-10-8-11-15-30)47(42,43)37-27(3)22-26(2)23-28(37)4/h7-23,29,34-36,40H,1,24-25H2,2-6H3/t29-,34-,35-,36+/m0/s1. The lowest BCUT2D eigenvalue weighted by Gasteiger charge is -2.35. The third-order valence-electron chi connectivity index (χ3n) is 7.99. The first-order chi connectivity index (χ1) is 22.5. The van der Waals surface area contributed by atoms with Crippen LogP contribution in [0.25, 0.3) is 0 Å². The normalized spacial score (nSPS) is 14.2. The minimum absolute atomic E-state index is 0.000702. The van der Waals surface area contributed by atoms with Crippen molar-refractivity contribution in [3.63, 3.8) is 0 Å². The van der Waals surface area contributed by atoms with Crippen molar-refractivity contribution < 1.29 is 32.5 Å². The van der Waals surface area contributed by atoms with Gasteiger partial charge in [-0.25, -0.2) is 13.2 Å². The lowest BCUT2D eigenvalue weighted by atomic mass is 10.0. The molecule has 9 heteroatoms. The fraction of sp³-hybridized carbons (Fsp3) is 0.289. The number of hydrogen-bond acceptors (Lipinski definition) is 7. The van der Waals surface area contributed by atoms with E-state index in [0.717, 1.165) is 16.7 Å². The van der Waals surface area contributed by atoms with Crippen molar-refractivity contribution in [1.29, 1.82) is 0 Å². The summed E-state index contributed by atoms with van der Waals surface area (Å²) in [5, 5.41) is 10.8. The summed E-state index contributed by atoms with van der Waals surface area (Å²) in [5.41, 5.74) is 4.31. The van der Waals surface area contributed by atoms with E-state index in [9.17, 15) is 18.3 Å². The first kappa shape index (κ1) is 35.6. The molecule has 0 bridgehead atoms. The number of carbonyl (C=O) groups excluding carboxylic acids is 1. The molecule has 248 valence electrons. The maximum atomic E-state index is 14.6. The summed E-state index contributed by atoms with van der Waals surface area (Å²) in [6, 6.07) is 28.2. The summed E-state index contributed by atoms with van der Waals surface area (Å²) in [6.07, 6.45) is -2.66. The minimum Gasteiger partial charge on any atom is -0.497 e. The number of rotatable bonds is 15. The van der Waals surface area contributed by atoms with Gasteiger partial charge in [0.05, 0.1) is 24.7 Å². The van der Waals surface area contributed by atoms with E-state index < -0.39 is 40.3 Å². The summed E-state index contributed by atoms with van der Waals surface area (Å²) >= 11 is 0. The number of hydrogen-bond donors (Lipinski definition) is 1. The fourth-order valence-electron chi connectivity index (χ4n) is 5.67. The van der Waals surface area contributed by atoms with Gasteiger partial charge in [-0.1, -0.05) is 96.6 Å². The highest BCUT2D eigenvalue weighted by Crippen LogP contribution is 2.34. The van der Waals surface area contributed by atoms with Crippen LogP contribution in [0, 0.1) is 20.8 Å². The van der Waals surface area contributed by atoms with Crippen LogP contribution in [0.3, 0.4) is 0 Å². The molecule has 0 spiro atoms. The third-order valence-corrected chi connectivity index (χ3v) is 10.2. The second-order valence-electron chi connectivity index (χ2n) is 11.6. The molecule has 47 heavy (non-hydrogen) atoms. The topological polar surface area (TPSA) is 102 Å². The predicted octanol–water partition coefficient (Wildman–Crippen LogP) is 6.62. The van der Waals surface area contributed by atoms with Crippen LogP contribution in [-0.4, -0.2) is 49.2 Å². The number of aliphatic hydroxyl groups excluding tert-OH is 1. The molecule has 0 aliphatic heterocycles. The summed E-state index contributed by atoms with van der Waals surface area (Å²) in [5.74, 6) is -0.187. The Balaban J connectivity index is 1.73. The van der Waals surface area contributed by atoms with Crippen LogP contribution >= 0.6 is 0 Å². The number of carbonyl (C=O) groups is 1. The predicted molar refractivity (Wildman–Crippen MR) is 182 cm³/mol.